The number of anilines is 3. The van der Waals surface area contributed by atoms with Crippen LogP contribution in [0.5, 0.6) is 5.88 Å². The monoisotopic (exact) mass is 509 g/mol. The van der Waals surface area contributed by atoms with Crippen molar-refractivity contribution in [2.24, 2.45) is 0 Å². The molecule has 3 aromatic heterocycles. The molecule has 0 aliphatic rings. The Hall–Kier alpha value is -4.19. The topological polar surface area (TPSA) is 146 Å². The third-order valence-corrected chi connectivity index (χ3v) is 6.61. The zero-order valence-electron chi connectivity index (χ0n) is 20.0. The maximum Gasteiger partial charge on any atom is 0.250 e. The smallest absolute Gasteiger partial charge is 0.250 e. The number of nitrogens with one attached hydrogen (secondary N) is 1. The number of rotatable bonds is 7. The molecule has 1 aromatic carbocycles. The molecule has 36 heavy (non-hydrogen) atoms. The second-order valence-electron chi connectivity index (χ2n) is 8.13. The van der Waals surface area contributed by atoms with E-state index in [1.807, 2.05) is 13.0 Å². The molecule has 0 spiro atoms. The number of nitrogens with two attached hydrogens (primary N) is 1. The van der Waals surface area contributed by atoms with Crippen LogP contribution in [0.2, 0.25) is 0 Å². The number of nitrogens with zero attached hydrogens (tertiary/aromatic N) is 5. The highest BCUT2D eigenvalue weighted by molar-refractivity contribution is 7.90. The fourth-order valence-corrected chi connectivity index (χ4v) is 4.22. The fraction of sp³-hybridized carbons (Fsp3) is 0.208. The highest BCUT2D eigenvalue weighted by atomic mass is 32.2. The van der Waals surface area contributed by atoms with E-state index < -0.39 is 15.7 Å². The first kappa shape index (κ1) is 24.9. The van der Waals surface area contributed by atoms with Crippen LogP contribution in [0.1, 0.15) is 29.8 Å². The zero-order valence-corrected chi connectivity index (χ0v) is 20.8. The van der Waals surface area contributed by atoms with Gasteiger partial charge in [-0.2, -0.15) is 9.97 Å². The predicted octanol–water partition coefficient (Wildman–Crippen LogP) is 3.67. The van der Waals surface area contributed by atoms with Crippen molar-refractivity contribution < 1.29 is 17.5 Å². The van der Waals surface area contributed by atoms with Crippen LogP contribution in [0.15, 0.2) is 53.7 Å². The lowest BCUT2D eigenvalue weighted by atomic mass is 9.93. The molecule has 0 radical (unpaired) electrons. The van der Waals surface area contributed by atoms with Crippen molar-refractivity contribution in [3.63, 3.8) is 0 Å². The predicted molar refractivity (Wildman–Crippen MR) is 133 cm³/mol. The van der Waals surface area contributed by atoms with Gasteiger partial charge >= 0.3 is 0 Å². The van der Waals surface area contributed by atoms with E-state index in [1.54, 1.807) is 37.4 Å². The molecule has 0 fully saturated rings. The number of aryl methyl sites for hydroxylation is 1. The van der Waals surface area contributed by atoms with Gasteiger partial charge in [0.05, 0.1) is 29.5 Å². The summed E-state index contributed by atoms with van der Waals surface area (Å²) in [5.41, 5.74) is 8.43. The molecule has 0 aliphatic carbocycles. The third kappa shape index (κ3) is 5.38. The molecule has 186 valence electrons. The summed E-state index contributed by atoms with van der Waals surface area (Å²) < 4.78 is 42.7. The van der Waals surface area contributed by atoms with Gasteiger partial charge in [0.2, 0.25) is 11.8 Å². The van der Waals surface area contributed by atoms with Crippen LogP contribution in [0, 0.1) is 12.7 Å². The number of pyridine rings is 2. The number of aromatic nitrogens is 5. The Morgan fingerprint density at radius 3 is 2.36 bits per heavy atom. The maximum atomic E-state index is 14.2. The van der Waals surface area contributed by atoms with Crippen molar-refractivity contribution >= 4 is 27.3 Å². The maximum absolute atomic E-state index is 14.2. The molecular formula is C24H24FN7O3S. The number of sulfone groups is 1. The lowest BCUT2D eigenvalue weighted by molar-refractivity contribution is 0.369. The number of hydrogen-bond donors (Lipinski definition) is 2. The van der Waals surface area contributed by atoms with Crippen molar-refractivity contribution in [3.05, 3.63) is 71.6 Å². The normalized spacial score (nSPS) is 12.2. The summed E-state index contributed by atoms with van der Waals surface area (Å²) in [6, 6.07) is 9.78. The molecule has 10 nitrogen and oxygen atoms in total. The van der Waals surface area contributed by atoms with E-state index in [4.69, 9.17) is 10.5 Å². The lowest BCUT2D eigenvalue weighted by Gasteiger charge is -2.17. The van der Waals surface area contributed by atoms with Gasteiger partial charge in [-0.05, 0) is 36.2 Å². The molecule has 0 aliphatic heterocycles. The molecule has 12 heteroatoms. The van der Waals surface area contributed by atoms with Gasteiger partial charge in [0.1, 0.15) is 11.6 Å². The van der Waals surface area contributed by atoms with Gasteiger partial charge in [-0.25, -0.2) is 27.8 Å². The van der Waals surface area contributed by atoms with Gasteiger partial charge in [-0.15, -0.1) is 0 Å². The van der Waals surface area contributed by atoms with Gasteiger partial charge in [-0.1, -0.05) is 19.1 Å². The Morgan fingerprint density at radius 1 is 1.03 bits per heavy atom. The van der Waals surface area contributed by atoms with E-state index in [-0.39, 0.29) is 22.6 Å². The van der Waals surface area contributed by atoms with Crippen LogP contribution in [-0.2, 0) is 9.84 Å². The van der Waals surface area contributed by atoms with Crippen LogP contribution in [0.4, 0.5) is 21.8 Å². The highest BCUT2D eigenvalue weighted by Gasteiger charge is 2.18. The summed E-state index contributed by atoms with van der Waals surface area (Å²) in [6.07, 6.45) is 4.26. The summed E-state index contributed by atoms with van der Waals surface area (Å²) in [7, 11) is -1.96. The molecule has 0 amide bonds. The number of ether oxygens (including phenoxy) is 1. The summed E-state index contributed by atoms with van der Waals surface area (Å²) in [5, 5.41) is 3.05. The standard InChI is InChI=1S/C24H24FN7O3S/c1-13(15-5-7-18(8-6-15)36(4,33)34)16-9-19(22-29-14(2)30-24(26)32-22)21(27-11-16)31-17-10-20(25)23(35-3)28-12-17/h5-13H,1-4H3,(H,27,31)(H2,26,29,30,32). The van der Waals surface area contributed by atoms with Gasteiger partial charge in [0.15, 0.2) is 21.5 Å². The average molecular weight is 510 g/mol. The van der Waals surface area contributed by atoms with Gasteiger partial charge < -0.3 is 15.8 Å². The van der Waals surface area contributed by atoms with Gasteiger partial charge in [0, 0.05) is 24.4 Å². The van der Waals surface area contributed by atoms with E-state index in [1.165, 1.54) is 25.6 Å². The average Bonchev–Trinajstić information content (AvgIpc) is 2.83. The number of nitrogen functional groups attached to an aromatic ring is 1. The van der Waals surface area contributed by atoms with E-state index >= 15 is 0 Å². The van der Waals surface area contributed by atoms with Crippen molar-refractivity contribution in [3.8, 4) is 17.3 Å². The molecule has 4 aromatic rings. The van der Waals surface area contributed by atoms with E-state index in [0.29, 0.717) is 28.7 Å². The van der Waals surface area contributed by atoms with Gasteiger partial charge in [-0.3, -0.25) is 0 Å². The minimum atomic E-state index is -3.30. The second-order valence-corrected chi connectivity index (χ2v) is 10.1. The van der Waals surface area contributed by atoms with Crippen LogP contribution in [0.25, 0.3) is 11.4 Å². The van der Waals surface area contributed by atoms with Crippen LogP contribution < -0.4 is 15.8 Å². The fourth-order valence-electron chi connectivity index (χ4n) is 3.59. The zero-order chi connectivity index (χ0) is 26.0. The van der Waals surface area contributed by atoms with Gasteiger partial charge in [0.25, 0.3) is 0 Å². The highest BCUT2D eigenvalue weighted by Crippen LogP contribution is 2.33. The number of benzene rings is 1. The number of methoxy groups -OCH3 is 1. The first-order valence-electron chi connectivity index (χ1n) is 10.8. The molecule has 3 heterocycles. The quantitative estimate of drug-likeness (QED) is 0.378. The van der Waals surface area contributed by atoms with Crippen molar-refractivity contribution in [1.29, 1.82) is 0 Å². The lowest BCUT2D eigenvalue weighted by Crippen LogP contribution is -2.07. The van der Waals surface area contributed by atoms with Crippen LogP contribution >= 0.6 is 0 Å². The third-order valence-electron chi connectivity index (χ3n) is 5.49. The molecule has 3 N–H and O–H groups in total. The number of hydrogen-bond acceptors (Lipinski definition) is 10. The second kappa shape index (κ2) is 9.82. The molecular weight excluding hydrogens is 485 g/mol. The van der Waals surface area contributed by atoms with Crippen molar-refractivity contribution in [2.45, 2.75) is 24.7 Å². The van der Waals surface area contributed by atoms with E-state index in [0.717, 1.165) is 11.1 Å². The Balaban J connectivity index is 1.77. The van der Waals surface area contributed by atoms with Crippen LogP contribution in [0.3, 0.4) is 0 Å². The molecule has 0 saturated carbocycles. The SMILES string of the molecule is COc1ncc(Nc2ncc(C(C)c3ccc(S(C)(=O)=O)cc3)cc2-c2nc(C)nc(N)n2)cc1F. The number of halogens is 1. The Morgan fingerprint density at radius 2 is 1.75 bits per heavy atom. The summed E-state index contributed by atoms with van der Waals surface area (Å²) in [4.78, 5) is 21.4. The molecule has 4 rings (SSSR count). The van der Waals surface area contributed by atoms with Crippen LogP contribution in [-0.4, -0.2) is 46.7 Å². The van der Waals surface area contributed by atoms with Crippen molar-refractivity contribution in [2.75, 3.05) is 24.4 Å². The summed E-state index contributed by atoms with van der Waals surface area (Å²) in [6.45, 7) is 3.67. The molecule has 1 atom stereocenters. The molecule has 1 unspecified atom stereocenters. The van der Waals surface area contributed by atoms with E-state index in [9.17, 15) is 12.8 Å². The molecule has 0 bridgehead atoms. The summed E-state index contributed by atoms with van der Waals surface area (Å²) in [5.74, 6) is 0.228. The Labute approximate surface area is 207 Å². The van der Waals surface area contributed by atoms with Crippen molar-refractivity contribution in [1.82, 2.24) is 24.9 Å². The minimum Gasteiger partial charge on any atom is -0.479 e. The first-order chi connectivity index (χ1) is 17.0. The summed E-state index contributed by atoms with van der Waals surface area (Å²) >= 11 is 0. The minimum absolute atomic E-state index is 0.0513. The van der Waals surface area contributed by atoms with E-state index in [2.05, 4.69) is 30.2 Å². The first-order valence-corrected chi connectivity index (χ1v) is 12.7. The molecule has 0 saturated heterocycles. The Bertz CT molecular complexity index is 1510. The Kier molecular flexibility index (Phi) is 6.80. The largest absolute Gasteiger partial charge is 0.479 e.